The minimum atomic E-state index is -0.616. The Morgan fingerprint density at radius 3 is 2.27 bits per heavy atom. The molecule has 0 unspecified atom stereocenters. The van der Waals surface area contributed by atoms with E-state index in [1.165, 1.54) is 4.90 Å². The van der Waals surface area contributed by atoms with Crippen LogP contribution < -0.4 is 4.90 Å². The number of anilines is 1. The average molecular weight is 516 g/mol. The Morgan fingerprint density at radius 1 is 1.00 bits per heavy atom. The number of nitrogens with zero attached hydrogens (tertiary/aromatic N) is 5. The molecule has 37 heavy (non-hydrogen) atoms. The van der Waals surface area contributed by atoms with Gasteiger partial charge in [-0.2, -0.15) is 5.26 Å². The number of carbonyl (C=O) groups is 2. The number of benzene rings is 2. The van der Waals surface area contributed by atoms with Gasteiger partial charge in [-0.15, -0.1) is 0 Å². The first kappa shape index (κ1) is 26.2. The van der Waals surface area contributed by atoms with Gasteiger partial charge in [-0.25, -0.2) is 4.98 Å². The monoisotopic (exact) mass is 515 g/mol. The van der Waals surface area contributed by atoms with Gasteiger partial charge in [0.05, 0.1) is 21.6 Å². The van der Waals surface area contributed by atoms with Crippen LogP contribution in [0.5, 0.6) is 0 Å². The third kappa shape index (κ3) is 5.30. The zero-order valence-electron chi connectivity index (χ0n) is 21.5. The Labute approximate surface area is 222 Å². The van der Waals surface area contributed by atoms with Crippen LogP contribution in [0, 0.1) is 11.3 Å². The van der Waals surface area contributed by atoms with Crippen LogP contribution in [0.15, 0.2) is 60.8 Å². The van der Waals surface area contributed by atoms with Crippen LogP contribution in [0.3, 0.4) is 0 Å². The first-order valence-corrected chi connectivity index (χ1v) is 12.5. The molecule has 1 aromatic heterocycles. The molecule has 2 heterocycles. The second-order valence-corrected chi connectivity index (χ2v) is 10.3. The summed E-state index contributed by atoms with van der Waals surface area (Å²) in [7, 11) is 3.35. The fourth-order valence-corrected chi connectivity index (χ4v) is 4.81. The summed E-state index contributed by atoms with van der Waals surface area (Å²) in [5.74, 6) is 0.522. The van der Waals surface area contributed by atoms with Crippen LogP contribution in [-0.4, -0.2) is 66.9 Å². The number of aromatic nitrogens is 1. The van der Waals surface area contributed by atoms with E-state index in [1.54, 1.807) is 44.6 Å². The van der Waals surface area contributed by atoms with Gasteiger partial charge >= 0.3 is 0 Å². The molecule has 0 spiro atoms. The maximum Gasteiger partial charge on any atom is 0.254 e. The van der Waals surface area contributed by atoms with Gasteiger partial charge in [-0.05, 0) is 43.2 Å². The highest BCUT2D eigenvalue weighted by atomic mass is 35.5. The molecule has 0 N–H and O–H groups in total. The highest BCUT2D eigenvalue weighted by Gasteiger charge is 2.35. The maximum atomic E-state index is 13.3. The summed E-state index contributed by atoms with van der Waals surface area (Å²) in [5, 5.41) is 10.2. The number of pyridine rings is 1. The number of carbonyl (C=O) groups excluding carboxylic acids is 2. The van der Waals surface area contributed by atoms with Crippen molar-refractivity contribution in [1.82, 2.24) is 14.8 Å². The first-order chi connectivity index (χ1) is 17.6. The molecule has 0 radical (unpaired) electrons. The number of hydrogen-bond acceptors (Lipinski definition) is 5. The van der Waals surface area contributed by atoms with Crippen molar-refractivity contribution in [2.24, 2.45) is 0 Å². The van der Waals surface area contributed by atoms with Crippen LogP contribution >= 0.6 is 11.6 Å². The van der Waals surface area contributed by atoms with Crippen LogP contribution in [0.4, 0.5) is 5.82 Å². The summed E-state index contributed by atoms with van der Waals surface area (Å²) in [6.45, 7) is 6.21. The number of halogens is 1. The number of nitriles is 1. The molecule has 0 bridgehead atoms. The van der Waals surface area contributed by atoms with Gasteiger partial charge in [0.2, 0.25) is 5.91 Å². The van der Waals surface area contributed by atoms with Crippen molar-refractivity contribution < 1.29 is 9.59 Å². The van der Waals surface area contributed by atoms with Crippen LogP contribution in [0.25, 0.3) is 11.1 Å². The summed E-state index contributed by atoms with van der Waals surface area (Å²) in [6, 6.07) is 19.1. The number of piperazine rings is 1. The van der Waals surface area contributed by atoms with Crippen LogP contribution in [-0.2, 0) is 10.2 Å². The van der Waals surface area contributed by atoms with E-state index in [2.05, 4.69) is 11.1 Å². The molecule has 1 fully saturated rings. The molecule has 1 aliphatic rings. The summed E-state index contributed by atoms with van der Waals surface area (Å²) in [4.78, 5) is 35.6. The Morgan fingerprint density at radius 2 is 1.68 bits per heavy atom. The van der Waals surface area contributed by atoms with Crippen molar-refractivity contribution >= 4 is 29.2 Å². The predicted octanol–water partition coefficient (Wildman–Crippen LogP) is 4.60. The third-order valence-corrected chi connectivity index (χ3v) is 7.14. The second kappa shape index (κ2) is 10.6. The summed E-state index contributed by atoms with van der Waals surface area (Å²) < 4.78 is 0. The molecular formula is C29H30ClN5O2. The number of rotatable bonds is 5. The van der Waals surface area contributed by atoms with Gasteiger partial charge in [-0.3, -0.25) is 9.59 Å². The lowest BCUT2D eigenvalue weighted by molar-refractivity contribution is -0.136. The van der Waals surface area contributed by atoms with E-state index in [9.17, 15) is 14.9 Å². The van der Waals surface area contributed by atoms with E-state index in [1.807, 2.05) is 54.0 Å². The van der Waals surface area contributed by atoms with E-state index in [0.717, 1.165) is 16.7 Å². The highest BCUT2D eigenvalue weighted by Crippen LogP contribution is 2.30. The molecule has 2 aromatic carbocycles. The molecule has 8 heteroatoms. The first-order valence-electron chi connectivity index (χ1n) is 12.1. The number of amides is 2. The van der Waals surface area contributed by atoms with Gasteiger partial charge < -0.3 is 14.7 Å². The smallest absolute Gasteiger partial charge is 0.254 e. The van der Waals surface area contributed by atoms with Crippen molar-refractivity contribution in [3.63, 3.8) is 0 Å². The van der Waals surface area contributed by atoms with Gasteiger partial charge in [0.25, 0.3) is 5.91 Å². The zero-order chi connectivity index (χ0) is 26.7. The quantitative estimate of drug-likeness (QED) is 0.496. The van der Waals surface area contributed by atoms with Crippen molar-refractivity contribution in [2.45, 2.75) is 19.3 Å². The lowest BCUT2D eigenvalue weighted by Gasteiger charge is -2.39. The summed E-state index contributed by atoms with van der Waals surface area (Å²) in [5.41, 5.74) is 2.76. The standard InChI is InChI=1S/C29H30ClN5O2/c1-29(2,23-8-6-5-7-9-23)28(37)35-14-12-34(13-15-35)26-21(18-31)16-22(19-32-26)20-10-11-24(25(30)17-20)27(36)33(3)4/h5-11,16-17,19H,12-15H2,1-4H3. The fraction of sp³-hybridized carbons (Fsp3) is 0.310. The van der Waals surface area contributed by atoms with Crippen molar-refractivity contribution in [3.8, 4) is 17.2 Å². The molecule has 1 saturated heterocycles. The molecule has 4 rings (SSSR count). The van der Waals surface area contributed by atoms with E-state index in [0.29, 0.717) is 48.1 Å². The van der Waals surface area contributed by atoms with Crippen LogP contribution in [0.1, 0.15) is 35.3 Å². The SMILES string of the molecule is CN(C)C(=O)c1ccc(-c2cnc(N3CCN(C(=O)C(C)(C)c4ccccc4)CC3)c(C#N)c2)cc1Cl. The second-order valence-electron chi connectivity index (χ2n) is 9.87. The van der Waals surface area contributed by atoms with Crippen molar-refractivity contribution in [1.29, 1.82) is 5.26 Å². The molecule has 1 aliphatic heterocycles. The lowest BCUT2D eigenvalue weighted by Crippen LogP contribution is -2.53. The molecule has 3 aromatic rings. The van der Waals surface area contributed by atoms with Crippen LogP contribution in [0.2, 0.25) is 5.02 Å². The van der Waals surface area contributed by atoms with E-state index in [4.69, 9.17) is 11.6 Å². The molecule has 0 aliphatic carbocycles. The number of hydrogen-bond donors (Lipinski definition) is 0. The predicted molar refractivity (Wildman–Crippen MR) is 146 cm³/mol. The minimum absolute atomic E-state index is 0.0928. The molecule has 190 valence electrons. The molecule has 2 amide bonds. The van der Waals surface area contributed by atoms with E-state index < -0.39 is 5.41 Å². The van der Waals surface area contributed by atoms with Gasteiger partial charge in [0.15, 0.2) is 0 Å². The summed E-state index contributed by atoms with van der Waals surface area (Å²) in [6.07, 6.45) is 1.71. The van der Waals surface area contributed by atoms with E-state index in [-0.39, 0.29) is 11.8 Å². The fourth-order valence-electron chi connectivity index (χ4n) is 4.55. The largest absolute Gasteiger partial charge is 0.352 e. The molecule has 0 atom stereocenters. The Kier molecular flexibility index (Phi) is 7.51. The molecule has 0 saturated carbocycles. The minimum Gasteiger partial charge on any atom is -0.352 e. The van der Waals surface area contributed by atoms with E-state index >= 15 is 0 Å². The topological polar surface area (TPSA) is 80.5 Å². The normalized spacial score (nSPS) is 13.7. The third-order valence-electron chi connectivity index (χ3n) is 6.82. The van der Waals surface area contributed by atoms with Gasteiger partial charge in [-0.1, -0.05) is 48.0 Å². The Hall–Kier alpha value is -3.89. The Balaban J connectivity index is 1.49. The molecular weight excluding hydrogens is 486 g/mol. The average Bonchev–Trinajstić information content (AvgIpc) is 2.92. The highest BCUT2D eigenvalue weighted by molar-refractivity contribution is 6.34. The molecule has 7 nitrogen and oxygen atoms in total. The Bertz CT molecular complexity index is 1360. The maximum absolute atomic E-state index is 13.3. The van der Waals surface area contributed by atoms with Gasteiger partial charge in [0, 0.05) is 52.0 Å². The summed E-state index contributed by atoms with van der Waals surface area (Å²) >= 11 is 6.38. The zero-order valence-corrected chi connectivity index (χ0v) is 22.3. The van der Waals surface area contributed by atoms with Crippen molar-refractivity contribution in [3.05, 3.63) is 82.5 Å². The van der Waals surface area contributed by atoms with Crippen molar-refractivity contribution in [2.75, 3.05) is 45.2 Å². The van der Waals surface area contributed by atoms with Gasteiger partial charge in [0.1, 0.15) is 11.9 Å². The lowest BCUT2D eigenvalue weighted by atomic mass is 9.83.